The van der Waals surface area contributed by atoms with Crippen molar-refractivity contribution < 1.29 is 4.79 Å². The summed E-state index contributed by atoms with van der Waals surface area (Å²) in [4.78, 5) is 13.1. The highest BCUT2D eigenvalue weighted by Crippen LogP contribution is 2.40. The SMILES string of the molecule is Cc1cccc(NN2C(=O)C(c3ccccc3)c3ccccc32)c1. The van der Waals surface area contributed by atoms with Crippen molar-refractivity contribution in [3.05, 3.63) is 95.6 Å². The van der Waals surface area contributed by atoms with Crippen LogP contribution in [0.4, 0.5) is 11.4 Å². The molecule has 1 atom stereocenters. The fourth-order valence-electron chi connectivity index (χ4n) is 3.24. The first kappa shape index (κ1) is 14.5. The Balaban J connectivity index is 1.75. The van der Waals surface area contributed by atoms with Crippen molar-refractivity contribution in [2.75, 3.05) is 10.4 Å². The van der Waals surface area contributed by atoms with Gasteiger partial charge in [0.25, 0.3) is 5.91 Å². The van der Waals surface area contributed by atoms with Crippen LogP contribution in [0.15, 0.2) is 78.9 Å². The second kappa shape index (κ2) is 5.85. The molecule has 24 heavy (non-hydrogen) atoms. The third-order valence-corrected chi connectivity index (χ3v) is 4.35. The van der Waals surface area contributed by atoms with Crippen LogP contribution in [-0.2, 0) is 4.79 Å². The van der Waals surface area contributed by atoms with Crippen LogP contribution < -0.4 is 10.4 Å². The molecule has 1 unspecified atom stereocenters. The number of carbonyl (C=O) groups is 1. The van der Waals surface area contributed by atoms with Crippen molar-refractivity contribution in [1.82, 2.24) is 0 Å². The Morgan fingerprint density at radius 3 is 2.42 bits per heavy atom. The molecule has 1 heterocycles. The lowest BCUT2D eigenvalue weighted by atomic mass is 9.93. The predicted molar refractivity (Wildman–Crippen MR) is 97.0 cm³/mol. The summed E-state index contributed by atoms with van der Waals surface area (Å²) >= 11 is 0. The summed E-state index contributed by atoms with van der Waals surface area (Å²) in [5.74, 6) is -0.219. The molecular weight excluding hydrogens is 296 g/mol. The molecule has 3 aromatic carbocycles. The lowest BCUT2D eigenvalue weighted by Crippen LogP contribution is -2.34. The molecule has 0 spiro atoms. The molecule has 1 aliphatic rings. The van der Waals surface area contributed by atoms with Crippen molar-refractivity contribution in [2.24, 2.45) is 0 Å². The van der Waals surface area contributed by atoms with Crippen molar-refractivity contribution >= 4 is 17.3 Å². The molecule has 118 valence electrons. The molecule has 1 aliphatic heterocycles. The van der Waals surface area contributed by atoms with E-state index >= 15 is 0 Å². The zero-order valence-corrected chi connectivity index (χ0v) is 13.4. The fraction of sp³-hybridized carbons (Fsp3) is 0.0952. The standard InChI is InChI=1S/C21H18N2O/c1-15-8-7-11-17(14-15)22-23-19-13-6-5-12-18(19)20(21(23)24)16-9-3-2-4-10-16/h2-14,20,22H,1H3. The van der Waals surface area contributed by atoms with Crippen molar-refractivity contribution in [3.8, 4) is 0 Å². The largest absolute Gasteiger partial charge is 0.291 e. The molecule has 3 nitrogen and oxygen atoms in total. The van der Waals surface area contributed by atoms with Gasteiger partial charge in [0, 0.05) is 0 Å². The number of anilines is 2. The maximum absolute atomic E-state index is 13.1. The van der Waals surface area contributed by atoms with Gasteiger partial charge in [-0.15, -0.1) is 0 Å². The van der Waals surface area contributed by atoms with E-state index in [0.29, 0.717) is 0 Å². The Morgan fingerprint density at radius 2 is 1.62 bits per heavy atom. The maximum atomic E-state index is 13.1. The molecular formula is C21H18N2O. The highest BCUT2D eigenvalue weighted by Gasteiger charge is 2.38. The number of aryl methyl sites for hydroxylation is 1. The van der Waals surface area contributed by atoms with Gasteiger partial charge in [-0.3, -0.25) is 10.2 Å². The molecule has 0 aromatic heterocycles. The van der Waals surface area contributed by atoms with Gasteiger partial charge in [-0.2, -0.15) is 0 Å². The Bertz CT molecular complexity index is 889. The van der Waals surface area contributed by atoms with Crippen LogP contribution in [-0.4, -0.2) is 5.91 Å². The number of amides is 1. The van der Waals surface area contributed by atoms with Gasteiger partial charge in [-0.25, -0.2) is 5.01 Å². The average Bonchev–Trinajstić information content (AvgIpc) is 2.88. The number of hydrazine groups is 1. The molecule has 3 aromatic rings. The first-order valence-electron chi connectivity index (χ1n) is 8.05. The number of benzene rings is 3. The lowest BCUT2D eigenvalue weighted by Gasteiger charge is -2.20. The molecule has 0 fully saturated rings. The first-order valence-corrected chi connectivity index (χ1v) is 8.05. The first-order chi connectivity index (χ1) is 11.7. The maximum Gasteiger partial charge on any atom is 0.257 e. The summed E-state index contributed by atoms with van der Waals surface area (Å²) in [6, 6.07) is 25.9. The van der Waals surface area contributed by atoms with Gasteiger partial charge in [-0.05, 0) is 41.8 Å². The Hall–Kier alpha value is -3.07. The van der Waals surface area contributed by atoms with Crippen LogP contribution in [0.25, 0.3) is 0 Å². The van der Waals surface area contributed by atoms with Gasteiger partial charge in [0.2, 0.25) is 0 Å². The van der Waals surface area contributed by atoms with Gasteiger partial charge < -0.3 is 0 Å². The van der Waals surface area contributed by atoms with E-state index in [1.165, 1.54) is 0 Å². The van der Waals surface area contributed by atoms with Gasteiger partial charge in [0.15, 0.2) is 0 Å². The minimum Gasteiger partial charge on any atom is -0.291 e. The van der Waals surface area contributed by atoms with E-state index in [0.717, 1.165) is 28.1 Å². The minimum atomic E-state index is -0.264. The highest BCUT2D eigenvalue weighted by molar-refractivity contribution is 6.08. The molecule has 0 aliphatic carbocycles. The molecule has 0 radical (unpaired) electrons. The molecule has 1 N–H and O–H groups in total. The third-order valence-electron chi connectivity index (χ3n) is 4.35. The number of fused-ring (bicyclic) bond motifs is 1. The van der Waals surface area contributed by atoms with Crippen molar-refractivity contribution in [1.29, 1.82) is 0 Å². The fourth-order valence-corrected chi connectivity index (χ4v) is 3.24. The van der Waals surface area contributed by atoms with Crippen LogP contribution in [0.5, 0.6) is 0 Å². The summed E-state index contributed by atoms with van der Waals surface area (Å²) < 4.78 is 0. The average molecular weight is 314 g/mol. The molecule has 0 saturated carbocycles. The summed E-state index contributed by atoms with van der Waals surface area (Å²) in [6.07, 6.45) is 0. The Morgan fingerprint density at radius 1 is 0.875 bits per heavy atom. The molecule has 4 rings (SSSR count). The number of nitrogens with one attached hydrogen (secondary N) is 1. The van der Waals surface area contributed by atoms with E-state index in [9.17, 15) is 4.79 Å². The van der Waals surface area contributed by atoms with Crippen LogP contribution in [0, 0.1) is 6.92 Å². The zero-order valence-electron chi connectivity index (χ0n) is 13.4. The molecule has 3 heteroatoms. The van der Waals surface area contributed by atoms with Crippen LogP contribution >= 0.6 is 0 Å². The van der Waals surface area contributed by atoms with Gasteiger partial charge in [-0.1, -0.05) is 60.7 Å². The third kappa shape index (κ3) is 2.44. The number of hydrogen-bond donors (Lipinski definition) is 1. The lowest BCUT2D eigenvalue weighted by molar-refractivity contribution is -0.118. The number of carbonyl (C=O) groups excluding carboxylic acids is 1. The second-order valence-electron chi connectivity index (χ2n) is 6.06. The van der Waals surface area contributed by atoms with Crippen molar-refractivity contribution in [3.63, 3.8) is 0 Å². The zero-order chi connectivity index (χ0) is 16.5. The summed E-state index contributed by atoms with van der Waals surface area (Å²) in [7, 11) is 0. The molecule has 1 amide bonds. The highest BCUT2D eigenvalue weighted by atomic mass is 16.2. The van der Waals surface area contributed by atoms with E-state index in [2.05, 4.69) is 5.43 Å². The second-order valence-corrected chi connectivity index (χ2v) is 6.06. The van der Waals surface area contributed by atoms with E-state index in [4.69, 9.17) is 0 Å². The summed E-state index contributed by atoms with van der Waals surface area (Å²) in [5.41, 5.74) is 8.30. The topological polar surface area (TPSA) is 32.3 Å². The number of para-hydroxylation sites is 1. The summed E-state index contributed by atoms with van der Waals surface area (Å²) in [6.45, 7) is 2.04. The van der Waals surface area contributed by atoms with Gasteiger partial charge in [0.05, 0.1) is 17.3 Å². The minimum absolute atomic E-state index is 0.0453. The normalized spacial score (nSPS) is 16.1. The monoisotopic (exact) mass is 314 g/mol. The van der Waals surface area contributed by atoms with E-state index in [1.54, 1.807) is 5.01 Å². The number of nitrogens with zero attached hydrogens (tertiary/aromatic N) is 1. The van der Waals surface area contributed by atoms with Crippen LogP contribution in [0.1, 0.15) is 22.6 Å². The van der Waals surface area contributed by atoms with E-state index < -0.39 is 0 Å². The Labute approximate surface area is 141 Å². The Kier molecular flexibility index (Phi) is 3.54. The number of hydrogen-bond acceptors (Lipinski definition) is 2. The van der Waals surface area contributed by atoms with E-state index in [-0.39, 0.29) is 11.8 Å². The number of rotatable bonds is 3. The van der Waals surface area contributed by atoms with Gasteiger partial charge >= 0.3 is 0 Å². The quantitative estimate of drug-likeness (QED) is 0.772. The van der Waals surface area contributed by atoms with Crippen molar-refractivity contribution in [2.45, 2.75) is 12.8 Å². The van der Waals surface area contributed by atoms with Crippen LogP contribution in [0.2, 0.25) is 0 Å². The smallest absolute Gasteiger partial charge is 0.257 e. The molecule has 0 bridgehead atoms. The van der Waals surface area contributed by atoms with Gasteiger partial charge in [0.1, 0.15) is 0 Å². The summed E-state index contributed by atoms with van der Waals surface area (Å²) in [5, 5.41) is 1.67. The predicted octanol–water partition coefficient (Wildman–Crippen LogP) is 4.50. The van der Waals surface area contributed by atoms with E-state index in [1.807, 2.05) is 85.8 Å². The molecule has 0 saturated heterocycles. The van der Waals surface area contributed by atoms with Crippen LogP contribution in [0.3, 0.4) is 0 Å².